The van der Waals surface area contributed by atoms with Crippen LogP contribution in [-0.4, -0.2) is 53.6 Å². The molecule has 1 fully saturated rings. The van der Waals surface area contributed by atoms with Crippen LogP contribution in [0, 0.1) is 0 Å². The molecule has 4 rings (SSSR count). The molecule has 1 aliphatic heterocycles. The molecule has 0 aliphatic carbocycles. The highest BCUT2D eigenvalue weighted by molar-refractivity contribution is 7.21. The molecule has 0 unspecified atom stereocenters. The van der Waals surface area contributed by atoms with E-state index in [1.807, 2.05) is 12.1 Å². The predicted octanol–water partition coefficient (Wildman–Crippen LogP) is 3.73. The summed E-state index contributed by atoms with van der Waals surface area (Å²) in [5.41, 5.74) is 0.908. The van der Waals surface area contributed by atoms with Gasteiger partial charge in [0.05, 0.1) is 10.0 Å². The zero-order valence-corrected chi connectivity index (χ0v) is 16.6. The Kier molecular flexibility index (Phi) is 5.33. The van der Waals surface area contributed by atoms with Crippen molar-refractivity contribution in [2.45, 2.75) is 0 Å². The number of carbonyl (C=O) groups excluding carboxylic acids is 1. The van der Waals surface area contributed by atoms with Gasteiger partial charge in [0.15, 0.2) is 11.7 Å². The van der Waals surface area contributed by atoms with Crippen LogP contribution in [-0.2, 0) is 4.79 Å². The molecule has 0 bridgehead atoms. The van der Waals surface area contributed by atoms with Crippen molar-refractivity contribution < 1.29 is 9.53 Å². The van der Waals surface area contributed by atoms with Gasteiger partial charge in [-0.2, -0.15) is 0 Å². The number of piperazine rings is 1. The highest BCUT2D eigenvalue weighted by Gasteiger charge is 2.23. The van der Waals surface area contributed by atoms with Gasteiger partial charge in [0, 0.05) is 38.4 Å². The van der Waals surface area contributed by atoms with Crippen LogP contribution < -0.4 is 9.64 Å². The number of amides is 1. The van der Waals surface area contributed by atoms with Crippen LogP contribution >= 0.6 is 34.5 Å². The maximum Gasteiger partial charge on any atom is 0.260 e. The van der Waals surface area contributed by atoms with Gasteiger partial charge in [-0.1, -0.05) is 34.5 Å². The highest BCUT2D eigenvalue weighted by atomic mass is 35.5. The summed E-state index contributed by atoms with van der Waals surface area (Å²) in [7, 11) is 0. The lowest BCUT2D eigenvalue weighted by molar-refractivity contribution is -0.133. The van der Waals surface area contributed by atoms with Crippen molar-refractivity contribution in [3.63, 3.8) is 0 Å². The molecule has 1 amide bonds. The molecule has 1 saturated heterocycles. The summed E-state index contributed by atoms with van der Waals surface area (Å²) in [6.07, 6.45) is 1.77. The van der Waals surface area contributed by atoms with E-state index in [-0.39, 0.29) is 12.5 Å². The van der Waals surface area contributed by atoms with Gasteiger partial charge >= 0.3 is 0 Å². The van der Waals surface area contributed by atoms with Crippen LogP contribution in [0.25, 0.3) is 10.3 Å². The third-order valence-electron chi connectivity index (χ3n) is 4.31. The second-order valence-corrected chi connectivity index (χ2v) is 7.83. The number of fused-ring (bicyclic) bond motifs is 1. The lowest BCUT2D eigenvalue weighted by Crippen LogP contribution is -2.50. The number of benzene rings is 1. The van der Waals surface area contributed by atoms with E-state index >= 15 is 0 Å². The van der Waals surface area contributed by atoms with Gasteiger partial charge in [0.25, 0.3) is 5.91 Å². The van der Waals surface area contributed by atoms with E-state index in [0.717, 1.165) is 28.6 Å². The molecule has 1 aromatic carbocycles. The largest absolute Gasteiger partial charge is 0.484 e. The van der Waals surface area contributed by atoms with Crippen molar-refractivity contribution in [2.75, 3.05) is 37.7 Å². The third kappa shape index (κ3) is 4.10. The number of anilines is 1. The Morgan fingerprint density at radius 1 is 1.15 bits per heavy atom. The number of ether oxygens (including phenoxy) is 1. The van der Waals surface area contributed by atoms with E-state index < -0.39 is 0 Å². The lowest BCUT2D eigenvalue weighted by Gasteiger charge is -2.34. The van der Waals surface area contributed by atoms with Crippen molar-refractivity contribution >= 4 is 55.9 Å². The average Bonchev–Trinajstić information content (AvgIpc) is 3.13. The number of thiazole rings is 1. The molecule has 27 heavy (non-hydrogen) atoms. The fourth-order valence-electron chi connectivity index (χ4n) is 2.84. The zero-order valence-electron chi connectivity index (χ0n) is 14.3. The molecular weight excluding hydrogens is 407 g/mol. The molecule has 3 heterocycles. The van der Waals surface area contributed by atoms with Crippen molar-refractivity contribution in [2.24, 2.45) is 0 Å². The second-order valence-electron chi connectivity index (χ2n) is 6.06. The molecule has 0 radical (unpaired) electrons. The zero-order chi connectivity index (χ0) is 18.8. The summed E-state index contributed by atoms with van der Waals surface area (Å²) >= 11 is 13.4. The summed E-state index contributed by atoms with van der Waals surface area (Å²) in [5, 5.41) is 1.81. The Labute approximate surface area is 170 Å². The Bertz CT molecular complexity index is 940. The monoisotopic (exact) mass is 422 g/mol. The minimum Gasteiger partial charge on any atom is -0.484 e. The first-order chi connectivity index (χ1) is 13.1. The van der Waals surface area contributed by atoms with E-state index in [1.54, 1.807) is 40.6 Å². The molecule has 9 heteroatoms. The number of aromatic nitrogens is 2. The van der Waals surface area contributed by atoms with E-state index in [0.29, 0.717) is 28.9 Å². The van der Waals surface area contributed by atoms with Crippen molar-refractivity contribution in [3.05, 3.63) is 46.6 Å². The molecule has 0 spiro atoms. The molecule has 1 aliphatic rings. The van der Waals surface area contributed by atoms with Crippen molar-refractivity contribution in [1.29, 1.82) is 0 Å². The van der Waals surface area contributed by atoms with Gasteiger partial charge in [-0.25, -0.2) is 9.97 Å². The van der Waals surface area contributed by atoms with Crippen LogP contribution in [0.3, 0.4) is 0 Å². The summed E-state index contributed by atoms with van der Waals surface area (Å²) in [6, 6.07) is 8.80. The standard InChI is InChI=1S/C18H16Cl2N4O2S/c19-13-4-3-12(10-14(13)20)26-11-16(25)23-6-8-24(9-7-23)18-22-15-2-1-5-21-17(15)27-18/h1-5,10H,6-9,11H2. The maximum absolute atomic E-state index is 12.4. The van der Waals surface area contributed by atoms with E-state index in [4.69, 9.17) is 27.9 Å². The van der Waals surface area contributed by atoms with Gasteiger partial charge in [-0.05, 0) is 24.3 Å². The molecule has 2 aromatic heterocycles. The Morgan fingerprint density at radius 2 is 1.96 bits per heavy atom. The van der Waals surface area contributed by atoms with Gasteiger partial charge < -0.3 is 14.5 Å². The first-order valence-electron chi connectivity index (χ1n) is 8.42. The van der Waals surface area contributed by atoms with Gasteiger partial charge in [-0.15, -0.1) is 0 Å². The Hall–Kier alpha value is -2.09. The molecule has 0 atom stereocenters. The second kappa shape index (κ2) is 7.88. The smallest absolute Gasteiger partial charge is 0.260 e. The molecule has 3 aromatic rings. The van der Waals surface area contributed by atoms with Crippen LogP contribution in [0.1, 0.15) is 0 Å². The van der Waals surface area contributed by atoms with Crippen LogP contribution in [0.4, 0.5) is 5.13 Å². The van der Waals surface area contributed by atoms with Crippen LogP contribution in [0.15, 0.2) is 36.5 Å². The average molecular weight is 423 g/mol. The number of rotatable bonds is 4. The molecule has 6 nitrogen and oxygen atoms in total. The Balaban J connectivity index is 1.31. The van der Waals surface area contributed by atoms with Gasteiger partial charge in [-0.3, -0.25) is 4.79 Å². The molecule has 140 valence electrons. The highest BCUT2D eigenvalue weighted by Crippen LogP contribution is 2.28. The van der Waals surface area contributed by atoms with Crippen LogP contribution in [0.5, 0.6) is 5.75 Å². The van der Waals surface area contributed by atoms with Crippen molar-refractivity contribution in [3.8, 4) is 5.75 Å². The predicted molar refractivity (Wildman–Crippen MR) is 108 cm³/mol. The first kappa shape index (κ1) is 18.3. The Morgan fingerprint density at radius 3 is 2.70 bits per heavy atom. The van der Waals surface area contributed by atoms with Gasteiger partial charge in [0.2, 0.25) is 0 Å². The minimum absolute atomic E-state index is 0.0248. The number of carbonyl (C=O) groups is 1. The maximum atomic E-state index is 12.4. The third-order valence-corrected chi connectivity index (χ3v) is 6.09. The number of nitrogens with zero attached hydrogens (tertiary/aromatic N) is 4. The van der Waals surface area contributed by atoms with Crippen LogP contribution in [0.2, 0.25) is 10.0 Å². The first-order valence-corrected chi connectivity index (χ1v) is 9.99. The topological polar surface area (TPSA) is 58.6 Å². The number of hydrogen-bond donors (Lipinski definition) is 0. The summed E-state index contributed by atoms with van der Waals surface area (Å²) < 4.78 is 5.54. The van der Waals surface area contributed by atoms with E-state index in [1.165, 1.54) is 0 Å². The number of halogens is 2. The van der Waals surface area contributed by atoms with E-state index in [9.17, 15) is 4.79 Å². The number of pyridine rings is 1. The van der Waals surface area contributed by atoms with Crippen molar-refractivity contribution in [1.82, 2.24) is 14.9 Å². The van der Waals surface area contributed by atoms with E-state index in [2.05, 4.69) is 14.9 Å². The number of hydrogen-bond acceptors (Lipinski definition) is 6. The summed E-state index contributed by atoms with van der Waals surface area (Å²) in [5.74, 6) is 0.477. The SMILES string of the molecule is O=C(COc1ccc(Cl)c(Cl)c1)N1CCN(c2nc3cccnc3s2)CC1. The quantitative estimate of drug-likeness (QED) is 0.640. The summed E-state index contributed by atoms with van der Waals surface area (Å²) in [4.78, 5) is 26.3. The normalized spacial score (nSPS) is 14.6. The molecular formula is C18H16Cl2N4O2S. The molecule has 0 N–H and O–H groups in total. The lowest BCUT2D eigenvalue weighted by atomic mass is 10.3. The fourth-order valence-corrected chi connectivity index (χ4v) is 4.09. The van der Waals surface area contributed by atoms with Gasteiger partial charge in [0.1, 0.15) is 16.1 Å². The molecule has 0 saturated carbocycles. The summed E-state index contributed by atoms with van der Waals surface area (Å²) in [6.45, 7) is 2.71. The minimum atomic E-state index is -0.0494. The fraction of sp³-hybridized carbons (Fsp3) is 0.278.